The van der Waals surface area contributed by atoms with Gasteiger partial charge in [-0.15, -0.1) is 0 Å². The van der Waals surface area contributed by atoms with Crippen molar-refractivity contribution >= 4 is 17.1 Å². The highest BCUT2D eigenvalue weighted by molar-refractivity contribution is 5.98. The minimum Gasteiger partial charge on any atom is -0.355 e. The molecule has 0 bridgehead atoms. The second-order valence-corrected chi connectivity index (χ2v) is 6.50. The molecule has 25 heavy (non-hydrogen) atoms. The van der Waals surface area contributed by atoms with Gasteiger partial charge in [0.05, 0.1) is 5.69 Å². The van der Waals surface area contributed by atoms with Gasteiger partial charge in [-0.1, -0.05) is 0 Å². The van der Waals surface area contributed by atoms with Crippen LogP contribution in [0.15, 0.2) is 42.7 Å². The largest absolute Gasteiger partial charge is 0.355 e. The number of hydrogen-bond acceptors (Lipinski definition) is 4. The van der Waals surface area contributed by atoms with E-state index in [1.807, 2.05) is 23.7 Å². The van der Waals surface area contributed by atoms with Crippen LogP contribution in [0, 0.1) is 18.7 Å². The number of rotatable bonds is 3. The zero-order valence-corrected chi connectivity index (χ0v) is 14.0. The van der Waals surface area contributed by atoms with Gasteiger partial charge in [0.25, 0.3) is 0 Å². The van der Waals surface area contributed by atoms with Crippen LogP contribution in [0.5, 0.6) is 0 Å². The number of halogens is 1. The Morgan fingerprint density at radius 2 is 1.92 bits per heavy atom. The second kappa shape index (κ2) is 6.27. The van der Waals surface area contributed by atoms with Crippen LogP contribution >= 0.6 is 0 Å². The van der Waals surface area contributed by atoms with E-state index in [0.29, 0.717) is 5.56 Å². The summed E-state index contributed by atoms with van der Waals surface area (Å²) in [6.07, 6.45) is 5.14. The average Bonchev–Trinajstić information content (AvgIpc) is 3.02. The van der Waals surface area contributed by atoms with Gasteiger partial charge >= 0.3 is 0 Å². The summed E-state index contributed by atoms with van der Waals surface area (Å²) in [5.41, 5.74) is 2.53. The predicted octanol–water partition coefficient (Wildman–Crippen LogP) is 3.28. The van der Waals surface area contributed by atoms with Gasteiger partial charge in [-0.3, -0.25) is 4.79 Å². The molecule has 4 rings (SSSR count). The number of anilines is 1. The van der Waals surface area contributed by atoms with Gasteiger partial charge in [-0.2, -0.15) is 5.10 Å². The van der Waals surface area contributed by atoms with Crippen molar-refractivity contribution in [3.05, 3.63) is 59.8 Å². The molecule has 0 amide bonds. The summed E-state index contributed by atoms with van der Waals surface area (Å²) < 4.78 is 14.9. The number of aryl methyl sites for hydroxylation is 1. The van der Waals surface area contributed by atoms with Crippen LogP contribution in [0.3, 0.4) is 0 Å². The fourth-order valence-corrected chi connectivity index (χ4v) is 3.48. The monoisotopic (exact) mass is 338 g/mol. The lowest BCUT2D eigenvalue weighted by atomic mass is 9.89. The highest BCUT2D eigenvalue weighted by Crippen LogP contribution is 2.27. The molecule has 1 fully saturated rings. The van der Waals surface area contributed by atoms with Crippen LogP contribution < -0.4 is 4.90 Å². The molecule has 5 nitrogen and oxygen atoms in total. The molecule has 0 spiro atoms. The number of carbonyl (C=O) groups excluding carboxylic acids is 1. The fourth-order valence-electron chi connectivity index (χ4n) is 3.48. The van der Waals surface area contributed by atoms with Gasteiger partial charge in [0.1, 0.15) is 11.3 Å². The Labute approximate surface area is 145 Å². The van der Waals surface area contributed by atoms with Gasteiger partial charge in [0.2, 0.25) is 0 Å². The minimum absolute atomic E-state index is 0.0203. The molecule has 1 aliphatic heterocycles. The Hall–Kier alpha value is -2.76. The molecule has 0 unspecified atom stereocenters. The summed E-state index contributed by atoms with van der Waals surface area (Å²) in [5, 5.41) is 4.42. The van der Waals surface area contributed by atoms with Gasteiger partial charge in [0, 0.05) is 37.0 Å². The van der Waals surface area contributed by atoms with Crippen molar-refractivity contribution in [3.8, 4) is 0 Å². The molecule has 1 aromatic carbocycles. The summed E-state index contributed by atoms with van der Waals surface area (Å²) in [6, 6.07) is 7.85. The van der Waals surface area contributed by atoms with Crippen molar-refractivity contribution < 1.29 is 9.18 Å². The van der Waals surface area contributed by atoms with Gasteiger partial charge < -0.3 is 4.90 Å². The fraction of sp³-hybridized carbons (Fsp3) is 0.316. The van der Waals surface area contributed by atoms with Crippen LogP contribution in [0.2, 0.25) is 0 Å². The minimum atomic E-state index is -0.318. The Morgan fingerprint density at radius 1 is 1.20 bits per heavy atom. The third kappa shape index (κ3) is 2.99. The smallest absolute Gasteiger partial charge is 0.166 e. The number of Topliss-reactive ketones (excluding diaryl/α,β-unsaturated/α-hetero) is 1. The topological polar surface area (TPSA) is 50.5 Å². The first-order valence-corrected chi connectivity index (χ1v) is 8.47. The molecule has 0 atom stereocenters. The molecule has 3 heterocycles. The number of nitrogens with zero attached hydrogens (tertiary/aromatic N) is 4. The standard InChI is InChI=1S/C19H19FN4O/c1-13-12-17-19(21-8-11-24(17)22-13)23-9-6-15(7-10-23)18(25)14-2-4-16(20)5-3-14/h2-5,8,11-12,15H,6-7,9-10H2,1H3. The van der Waals surface area contributed by atoms with E-state index in [1.165, 1.54) is 12.1 Å². The number of benzene rings is 1. The van der Waals surface area contributed by atoms with Crippen molar-refractivity contribution in [2.75, 3.05) is 18.0 Å². The summed E-state index contributed by atoms with van der Waals surface area (Å²) in [4.78, 5) is 19.3. The summed E-state index contributed by atoms with van der Waals surface area (Å²) >= 11 is 0. The van der Waals surface area contributed by atoms with E-state index in [1.54, 1.807) is 18.3 Å². The van der Waals surface area contributed by atoms with Crippen LogP contribution in [0.4, 0.5) is 10.2 Å². The average molecular weight is 338 g/mol. The summed E-state index contributed by atoms with van der Waals surface area (Å²) in [7, 11) is 0. The molecule has 1 aliphatic rings. The van der Waals surface area contributed by atoms with E-state index in [0.717, 1.165) is 43.0 Å². The molecule has 2 aromatic heterocycles. The Morgan fingerprint density at radius 3 is 2.64 bits per heavy atom. The molecule has 6 heteroatoms. The Bertz CT molecular complexity index is 911. The molecule has 0 radical (unpaired) electrons. The number of carbonyl (C=O) groups is 1. The van der Waals surface area contributed by atoms with E-state index in [2.05, 4.69) is 15.0 Å². The number of aromatic nitrogens is 3. The van der Waals surface area contributed by atoms with E-state index >= 15 is 0 Å². The van der Waals surface area contributed by atoms with E-state index in [4.69, 9.17) is 0 Å². The molecule has 0 N–H and O–H groups in total. The van der Waals surface area contributed by atoms with Gasteiger partial charge in [0.15, 0.2) is 11.6 Å². The van der Waals surface area contributed by atoms with Crippen molar-refractivity contribution in [2.24, 2.45) is 5.92 Å². The van der Waals surface area contributed by atoms with E-state index in [-0.39, 0.29) is 17.5 Å². The number of ketones is 1. The van der Waals surface area contributed by atoms with Crippen LogP contribution in [0.1, 0.15) is 28.9 Å². The quantitative estimate of drug-likeness (QED) is 0.688. The summed E-state index contributed by atoms with van der Waals surface area (Å²) in [6.45, 7) is 3.51. The Balaban J connectivity index is 1.49. The maximum Gasteiger partial charge on any atom is 0.166 e. The molecule has 0 saturated carbocycles. The molecule has 128 valence electrons. The SMILES string of the molecule is Cc1cc2c(N3CCC(C(=O)c4ccc(F)cc4)CC3)nccn2n1. The lowest BCUT2D eigenvalue weighted by Crippen LogP contribution is -2.37. The molecule has 0 aliphatic carbocycles. The van der Waals surface area contributed by atoms with E-state index < -0.39 is 0 Å². The van der Waals surface area contributed by atoms with Crippen LogP contribution in [-0.2, 0) is 0 Å². The van der Waals surface area contributed by atoms with Gasteiger partial charge in [-0.25, -0.2) is 13.9 Å². The van der Waals surface area contributed by atoms with Crippen LogP contribution in [-0.4, -0.2) is 33.5 Å². The first kappa shape index (κ1) is 15.7. The van der Waals surface area contributed by atoms with E-state index in [9.17, 15) is 9.18 Å². The summed E-state index contributed by atoms with van der Waals surface area (Å²) in [5.74, 6) is 0.677. The lowest BCUT2D eigenvalue weighted by Gasteiger charge is -2.32. The molecular formula is C19H19FN4O. The van der Waals surface area contributed by atoms with Gasteiger partial charge in [-0.05, 0) is 50.1 Å². The van der Waals surface area contributed by atoms with Crippen molar-refractivity contribution in [1.29, 1.82) is 0 Å². The maximum atomic E-state index is 13.0. The molecule has 3 aromatic rings. The highest BCUT2D eigenvalue weighted by atomic mass is 19.1. The number of fused-ring (bicyclic) bond motifs is 1. The van der Waals surface area contributed by atoms with Crippen LogP contribution in [0.25, 0.3) is 5.52 Å². The third-order valence-electron chi connectivity index (χ3n) is 4.79. The highest BCUT2D eigenvalue weighted by Gasteiger charge is 2.27. The number of piperidine rings is 1. The second-order valence-electron chi connectivity index (χ2n) is 6.50. The third-order valence-corrected chi connectivity index (χ3v) is 4.79. The lowest BCUT2D eigenvalue weighted by molar-refractivity contribution is 0.0900. The normalized spacial score (nSPS) is 15.7. The predicted molar refractivity (Wildman–Crippen MR) is 93.4 cm³/mol. The number of hydrogen-bond donors (Lipinski definition) is 0. The van der Waals surface area contributed by atoms with Crippen molar-refractivity contribution in [2.45, 2.75) is 19.8 Å². The Kier molecular flexibility index (Phi) is 3.95. The molecular weight excluding hydrogens is 319 g/mol. The van der Waals surface area contributed by atoms with Crippen molar-refractivity contribution in [3.63, 3.8) is 0 Å². The molecule has 1 saturated heterocycles. The zero-order valence-electron chi connectivity index (χ0n) is 14.0. The first-order chi connectivity index (χ1) is 12.1. The maximum absolute atomic E-state index is 13.0. The zero-order chi connectivity index (χ0) is 17.4. The first-order valence-electron chi connectivity index (χ1n) is 8.47. The van der Waals surface area contributed by atoms with Crippen molar-refractivity contribution in [1.82, 2.24) is 14.6 Å².